The lowest BCUT2D eigenvalue weighted by atomic mass is 9.98. The van der Waals surface area contributed by atoms with Crippen molar-refractivity contribution in [3.05, 3.63) is 59.4 Å². The molecule has 1 aromatic heterocycles. The lowest BCUT2D eigenvalue weighted by molar-refractivity contribution is 0.0776. The summed E-state index contributed by atoms with van der Waals surface area (Å²) < 4.78 is 5.44. The van der Waals surface area contributed by atoms with Crippen molar-refractivity contribution in [2.45, 2.75) is 26.4 Å². The third kappa shape index (κ3) is 4.88. The van der Waals surface area contributed by atoms with Gasteiger partial charge in [0.25, 0.3) is 5.91 Å². The number of benzene rings is 1. The van der Waals surface area contributed by atoms with Gasteiger partial charge in [0.05, 0.1) is 5.56 Å². The number of piperidine rings is 1. The first-order chi connectivity index (χ1) is 12.6. The van der Waals surface area contributed by atoms with Gasteiger partial charge >= 0.3 is 6.09 Å². The Balaban J connectivity index is 1.44. The van der Waals surface area contributed by atoms with E-state index in [4.69, 9.17) is 4.74 Å². The summed E-state index contributed by atoms with van der Waals surface area (Å²) in [6.45, 7) is 4.18. The smallest absolute Gasteiger partial charge is 0.410 e. The zero-order valence-corrected chi connectivity index (χ0v) is 15.0. The molecule has 1 saturated heterocycles. The van der Waals surface area contributed by atoms with Crippen molar-refractivity contribution < 1.29 is 14.3 Å². The summed E-state index contributed by atoms with van der Waals surface area (Å²) >= 11 is 0. The number of carbonyl (C=O) groups is 2. The highest BCUT2D eigenvalue weighted by atomic mass is 16.6. The normalized spacial score (nSPS) is 17.0. The number of aryl methyl sites for hydroxylation is 1. The van der Waals surface area contributed by atoms with Gasteiger partial charge < -0.3 is 19.9 Å². The highest BCUT2D eigenvalue weighted by molar-refractivity contribution is 5.93. The number of hydrogen-bond donors (Lipinski definition) is 2. The average molecular weight is 355 g/mol. The van der Waals surface area contributed by atoms with Crippen LogP contribution < -0.4 is 5.32 Å². The van der Waals surface area contributed by atoms with E-state index in [2.05, 4.69) is 10.3 Å². The van der Waals surface area contributed by atoms with Crippen molar-refractivity contribution in [1.82, 2.24) is 15.2 Å². The molecule has 0 bridgehead atoms. The van der Waals surface area contributed by atoms with Crippen LogP contribution in [0.15, 0.2) is 42.7 Å². The molecule has 0 saturated carbocycles. The number of H-pyrrole nitrogens is 1. The van der Waals surface area contributed by atoms with Gasteiger partial charge in [-0.2, -0.15) is 0 Å². The van der Waals surface area contributed by atoms with Crippen LogP contribution in [0.3, 0.4) is 0 Å². The van der Waals surface area contributed by atoms with Crippen LogP contribution >= 0.6 is 0 Å². The Labute approximate surface area is 153 Å². The van der Waals surface area contributed by atoms with Gasteiger partial charge in [-0.15, -0.1) is 0 Å². The van der Waals surface area contributed by atoms with E-state index in [0.29, 0.717) is 25.2 Å². The fraction of sp³-hybridized carbons (Fsp3) is 0.400. The maximum Gasteiger partial charge on any atom is 0.410 e. The van der Waals surface area contributed by atoms with Crippen LogP contribution in [0.5, 0.6) is 0 Å². The summed E-state index contributed by atoms with van der Waals surface area (Å²) in [5.74, 6) is 0.156. The molecule has 3 rings (SSSR count). The van der Waals surface area contributed by atoms with E-state index in [0.717, 1.165) is 18.4 Å². The minimum absolute atomic E-state index is 0.0923. The summed E-state index contributed by atoms with van der Waals surface area (Å²) in [6, 6.07) is 9.70. The predicted molar refractivity (Wildman–Crippen MR) is 98.8 cm³/mol. The van der Waals surface area contributed by atoms with Gasteiger partial charge in [-0.3, -0.25) is 4.79 Å². The molecule has 2 amide bonds. The highest BCUT2D eigenvalue weighted by Crippen LogP contribution is 2.17. The SMILES string of the molecule is Cc1ccc(COC(=O)N2CCCC(CNC(=O)c3cc[nH]c3)C2)cc1. The zero-order valence-electron chi connectivity index (χ0n) is 15.0. The van der Waals surface area contributed by atoms with Crippen molar-refractivity contribution >= 4 is 12.0 Å². The Morgan fingerprint density at radius 1 is 1.27 bits per heavy atom. The molecule has 1 atom stereocenters. The summed E-state index contributed by atoms with van der Waals surface area (Å²) in [6.07, 6.45) is 5.03. The van der Waals surface area contributed by atoms with Crippen LogP contribution in [0.1, 0.15) is 34.3 Å². The summed E-state index contributed by atoms with van der Waals surface area (Å²) in [5, 5.41) is 2.94. The van der Waals surface area contributed by atoms with E-state index in [9.17, 15) is 9.59 Å². The first-order valence-corrected chi connectivity index (χ1v) is 9.00. The molecule has 1 aliphatic rings. The molecule has 0 radical (unpaired) electrons. The highest BCUT2D eigenvalue weighted by Gasteiger charge is 2.25. The molecule has 1 aliphatic heterocycles. The topological polar surface area (TPSA) is 74.4 Å². The molecule has 2 heterocycles. The van der Waals surface area contributed by atoms with Crippen LogP contribution in [0.4, 0.5) is 4.79 Å². The molecule has 2 N–H and O–H groups in total. The van der Waals surface area contributed by atoms with Crippen molar-refractivity contribution in [1.29, 1.82) is 0 Å². The van der Waals surface area contributed by atoms with Gasteiger partial charge in [0, 0.05) is 32.0 Å². The fourth-order valence-electron chi connectivity index (χ4n) is 3.12. The van der Waals surface area contributed by atoms with Gasteiger partial charge in [0.2, 0.25) is 0 Å². The third-order valence-corrected chi connectivity index (χ3v) is 4.67. The number of aromatic nitrogens is 1. The first kappa shape index (κ1) is 18.0. The predicted octanol–water partition coefficient (Wildman–Crippen LogP) is 3.10. The monoisotopic (exact) mass is 355 g/mol. The molecular weight excluding hydrogens is 330 g/mol. The van der Waals surface area contributed by atoms with Crippen molar-refractivity contribution in [3.8, 4) is 0 Å². The molecule has 26 heavy (non-hydrogen) atoms. The number of hydrogen-bond acceptors (Lipinski definition) is 3. The minimum atomic E-state index is -0.285. The molecular formula is C20H25N3O3. The molecule has 0 aliphatic carbocycles. The second kappa shape index (κ2) is 8.56. The number of aromatic amines is 1. The van der Waals surface area contributed by atoms with E-state index in [1.807, 2.05) is 31.2 Å². The number of nitrogens with zero attached hydrogens (tertiary/aromatic N) is 1. The van der Waals surface area contributed by atoms with Crippen molar-refractivity contribution in [2.75, 3.05) is 19.6 Å². The number of likely N-dealkylation sites (tertiary alicyclic amines) is 1. The van der Waals surface area contributed by atoms with E-state index in [-0.39, 0.29) is 24.5 Å². The second-order valence-corrected chi connectivity index (χ2v) is 6.80. The van der Waals surface area contributed by atoms with Gasteiger partial charge in [-0.1, -0.05) is 29.8 Å². The number of ether oxygens (including phenoxy) is 1. The Morgan fingerprint density at radius 2 is 2.08 bits per heavy atom. The quantitative estimate of drug-likeness (QED) is 0.865. The summed E-state index contributed by atoms with van der Waals surface area (Å²) in [4.78, 5) is 28.9. The van der Waals surface area contributed by atoms with Crippen LogP contribution in [-0.2, 0) is 11.3 Å². The first-order valence-electron chi connectivity index (χ1n) is 9.00. The largest absolute Gasteiger partial charge is 0.445 e. The molecule has 1 aromatic carbocycles. The van der Waals surface area contributed by atoms with Gasteiger partial charge in [0.1, 0.15) is 6.61 Å². The molecule has 2 aromatic rings. The number of carbonyl (C=O) groups excluding carboxylic acids is 2. The Bertz CT molecular complexity index is 725. The Kier molecular flexibility index (Phi) is 5.94. The van der Waals surface area contributed by atoms with Crippen molar-refractivity contribution in [2.24, 2.45) is 5.92 Å². The number of nitrogens with one attached hydrogen (secondary N) is 2. The second-order valence-electron chi connectivity index (χ2n) is 6.80. The Morgan fingerprint density at radius 3 is 2.81 bits per heavy atom. The number of rotatable bonds is 5. The van der Waals surface area contributed by atoms with E-state index in [1.165, 1.54) is 5.56 Å². The Hall–Kier alpha value is -2.76. The van der Waals surface area contributed by atoms with Gasteiger partial charge in [0.15, 0.2) is 0 Å². The molecule has 0 spiro atoms. The lowest BCUT2D eigenvalue weighted by Gasteiger charge is -2.32. The molecule has 1 fully saturated rings. The minimum Gasteiger partial charge on any atom is -0.445 e. The van der Waals surface area contributed by atoms with Gasteiger partial charge in [-0.25, -0.2) is 4.79 Å². The van der Waals surface area contributed by atoms with Gasteiger partial charge in [-0.05, 0) is 37.3 Å². The molecule has 138 valence electrons. The van der Waals surface area contributed by atoms with E-state index >= 15 is 0 Å². The van der Waals surface area contributed by atoms with Crippen LogP contribution in [0.2, 0.25) is 0 Å². The standard InChI is InChI=1S/C20H25N3O3/c1-15-4-6-16(7-5-15)14-26-20(25)23-10-2-3-17(13-23)11-22-19(24)18-8-9-21-12-18/h4-9,12,17,21H,2-3,10-11,13-14H2,1H3,(H,22,24). The third-order valence-electron chi connectivity index (χ3n) is 4.67. The molecule has 1 unspecified atom stereocenters. The van der Waals surface area contributed by atoms with Crippen LogP contribution in [0.25, 0.3) is 0 Å². The van der Waals surface area contributed by atoms with Crippen LogP contribution in [-0.4, -0.2) is 41.5 Å². The van der Waals surface area contributed by atoms with Crippen molar-refractivity contribution in [3.63, 3.8) is 0 Å². The maximum atomic E-state index is 12.3. The average Bonchev–Trinajstić information content (AvgIpc) is 3.20. The fourth-order valence-corrected chi connectivity index (χ4v) is 3.12. The molecule has 6 nitrogen and oxygen atoms in total. The van der Waals surface area contributed by atoms with E-state index in [1.54, 1.807) is 23.4 Å². The van der Waals surface area contributed by atoms with Crippen LogP contribution in [0, 0.1) is 12.8 Å². The lowest BCUT2D eigenvalue weighted by Crippen LogP contribution is -2.43. The maximum absolute atomic E-state index is 12.3. The number of amides is 2. The zero-order chi connectivity index (χ0) is 18.4. The summed E-state index contributed by atoms with van der Waals surface area (Å²) in [7, 11) is 0. The summed E-state index contributed by atoms with van der Waals surface area (Å²) in [5.41, 5.74) is 2.78. The van der Waals surface area contributed by atoms with E-state index < -0.39 is 0 Å². The molecule has 6 heteroatoms.